The van der Waals surface area contributed by atoms with Crippen LogP contribution in [0.25, 0.3) is 33.3 Å². The predicted octanol–water partition coefficient (Wildman–Crippen LogP) is 4.40. The number of fused-ring (bicyclic) bond motifs is 2. The van der Waals surface area contributed by atoms with Gasteiger partial charge in [-0.2, -0.15) is 10.2 Å². The van der Waals surface area contributed by atoms with Crippen molar-refractivity contribution in [1.29, 1.82) is 0 Å². The minimum Gasteiger partial charge on any atom is -0.497 e. The number of nitrogens with zero attached hydrogens (tertiary/aromatic N) is 12. The van der Waals surface area contributed by atoms with Crippen molar-refractivity contribution in [3.05, 3.63) is 94.8 Å². The molecule has 2 aromatic carbocycles. The number of rotatable bonds is 13. The average Bonchev–Trinajstić information content (AvgIpc) is 4.15. The SMILES string of the molecule is CN(C/C=C/C(=O)N1CC[C@@H](n2nc(I)c3c(N)ncnc32)C1)C1CCC1.COc1cccc(-c2nn([C@@H]3CCN(C(=O)/C=C/CN(C)C4CCC4)C3)c3ncnc(N)c23)c1.Cc1cccc(B(O)O)c1. The number of nitrogens with two attached hydrogens (primary N) is 2. The summed E-state index contributed by atoms with van der Waals surface area (Å²) < 4.78 is 9.99. The van der Waals surface area contributed by atoms with Crippen LogP contribution in [0, 0.1) is 10.6 Å². The van der Waals surface area contributed by atoms with Crippen LogP contribution >= 0.6 is 22.6 Å². The maximum absolute atomic E-state index is 12.8. The zero-order chi connectivity index (χ0) is 50.2. The third-order valence-electron chi connectivity index (χ3n) is 14.0. The predicted molar refractivity (Wildman–Crippen MR) is 284 cm³/mol. The Bertz CT molecular complexity index is 2870. The fourth-order valence-electron chi connectivity index (χ4n) is 9.35. The summed E-state index contributed by atoms with van der Waals surface area (Å²) >= 11 is 2.16. The van der Waals surface area contributed by atoms with Gasteiger partial charge in [0.05, 0.1) is 30.0 Å². The number of ether oxygens (including phenoxy) is 1. The highest BCUT2D eigenvalue weighted by molar-refractivity contribution is 14.1. The second kappa shape index (κ2) is 23.5. The van der Waals surface area contributed by atoms with Gasteiger partial charge in [-0.1, -0.05) is 67.0 Å². The third kappa shape index (κ3) is 12.2. The van der Waals surface area contributed by atoms with Crippen molar-refractivity contribution in [3.63, 3.8) is 0 Å². The molecule has 2 aliphatic carbocycles. The molecule has 0 radical (unpaired) electrons. The lowest BCUT2D eigenvalue weighted by Gasteiger charge is -2.33. The molecule has 374 valence electrons. The molecule has 0 bridgehead atoms. The van der Waals surface area contributed by atoms with Crippen LogP contribution in [0.15, 0.2) is 85.5 Å². The minimum absolute atomic E-state index is 0.0196. The molecule has 21 heteroatoms. The van der Waals surface area contributed by atoms with Crippen LogP contribution in [0.2, 0.25) is 0 Å². The number of amides is 2. The largest absolute Gasteiger partial charge is 0.497 e. The monoisotopic (exact) mass is 1080 g/mol. The van der Waals surface area contributed by atoms with Crippen molar-refractivity contribution < 1.29 is 24.4 Å². The zero-order valence-corrected chi connectivity index (χ0v) is 43.0. The van der Waals surface area contributed by atoms with Crippen LogP contribution in [-0.4, -0.2) is 161 Å². The maximum Gasteiger partial charge on any atom is 0.488 e. The van der Waals surface area contributed by atoms with Crippen LogP contribution in [0.1, 0.15) is 69.0 Å². The molecule has 4 fully saturated rings. The Morgan fingerprint density at radius 2 is 1.30 bits per heavy atom. The third-order valence-corrected chi connectivity index (χ3v) is 14.8. The van der Waals surface area contributed by atoms with E-state index in [0.717, 1.165) is 75.2 Å². The Kier molecular flexibility index (Phi) is 17.0. The molecular weight excluding hydrogens is 1010 g/mol. The van der Waals surface area contributed by atoms with Crippen LogP contribution in [0.4, 0.5) is 11.6 Å². The summed E-state index contributed by atoms with van der Waals surface area (Å²) in [6.45, 7) is 6.17. The van der Waals surface area contributed by atoms with Gasteiger partial charge in [0.15, 0.2) is 11.3 Å². The second-order valence-corrected chi connectivity index (χ2v) is 19.8. The topological polar surface area (TPSA) is 236 Å². The molecule has 6 aromatic rings. The van der Waals surface area contributed by atoms with Gasteiger partial charge in [-0.25, -0.2) is 29.3 Å². The number of anilines is 2. The molecule has 2 aliphatic heterocycles. The van der Waals surface area contributed by atoms with Crippen LogP contribution in [-0.2, 0) is 9.59 Å². The van der Waals surface area contributed by atoms with E-state index >= 15 is 0 Å². The van der Waals surface area contributed by atoms with Crippen molar-refractivity contribution in [2.24, 2.45) is 0 Å². The van der Waals surface area contributed by atoms with Crippen LogP contribution < -0.4 is 21.7 Å². The summed E-state index contributed by atoms with van der Waals surface area (Å²) in [5.41, 5.74) is 16.8. The van der Waals surface area contributed by atoms with E-state index < -0.39 is 7.12 Å². The van der Waals surface area contributed by atoms with Gasteiger partial charge in [0.2, 0.25) is 11.8 Å². The number of carbonyl (C=O) groups is 2. The normalized spacial score (nSPS) is 18.3. The number of methoxy groups -OCH3 is 1. The quantitative estimate of drug-likeness (QED) is 0.0713. The molecule has 19 nitrogen and oxygen atoms in total. The lowest BCUT2D eigenvalue weighted by atomic mass is 9.80. The smallest absolute Gasteiger partial charge is 0.488 e. The summed E-state index contributed by atoms with van der Waals surface area (Å²) in [7, 11) is 4.54. The van der Waals surface area contributed by atoms with Crippen molar-refractivity contribution in [2.45, 2.75) is 82.5 Å². The Morgan fingerprint density at radius 3 is 1.80 bits per heavy atom. The van der Waals surface area contributed by atoms with Crippen molar-refractivity contribution in [1.82, 2.24) is 59.1 Å². The van der Waals surface area contributed by atoms with Gasteiger partial charge in [0.1, 0.15) is 39.4 Å². The fourth-order valence-corrected chi connectivity index (χ4v) is 10.1. The number of benzene rings is 2. The lowest BCUT2D eigenvalue weighted by molar-refractivity contribution is -0.125. The lowest BCUT2D eigenvalue weighted by Crippen LogP contribution is -2.37. The number of aromatic nitrogens is 8. The van der Waals surface area contributed by atoms with Gasteiger partial charge < -0.3 is 36.1 Å². The van der Waals surface area contributed by atoms with Gasteiger partial charge in [-0.05, 0) is 99.7 Å². The summed E-state index contributed by atoms with van der Waals surface area (Å²) in [5, 5.41) is 28.4. The maximum atomic E-state index is 12.8. The molecule has 4 aromatic heterocycles. The highest BCUT2D eigenvalue weighted by Crippen LogP contribution is 2.35. The number of hydrogen-bond acceptors (Lipinski definition) is 15. The van der Waals surface area contributed by atoms with Crippen molar-refractivity contribution in [2.75, 3.05) is 71.9 Å². The molecule has 4 aliphatic rings. The Morgan fingerprint density at radius 1 is 0.761 bits per heavy atom. The highest BCUT2D eigenvalue weighted by atomic mass is 127. The number of likely N-dealkylation sites (N-methyl/N-ethyl adjacent to an activating group) is 2. The first-order chi connectivity index (χ1) is 34.3. The Labute approximate surface area is 428 Å². The molecule has 6 N–H and O–H groups in total. The van der Waals surface area contributed by atoms with E-state index in [1.54, 1.807) is 37.5 Å². The van der Waals surface area contributed by atoms with Crippen LogP contribution in [0.3, 0.4) is 0 Å². The molecule has 2 atom stereocenters. The first kappa shape index (κ1) is 51.4. The molecule has 71 heavy (non-hydrogen) atoms. The first-order valence-corrected chi connectivity index (χ1v) is 25.4. The number of likely N-dealkylation sites (tertiary alicyclic amines) is 2. The zero-order valence-electron chi connectivity index (χ0n) is 40.9. The van der Waals surface area contributed by atoms with E-state index in [2.05, 4.69) is 71.5 Å². The summed E-state index contributed by atoms with van der Waals surface area (Å²) in [5.74, 6) is 1.68. The number of nitrogen functional groups attached to an aromatic ring is 2. The van der Waals surface area contributed by atoms with Gasteiger partial charge in [-0.15, -0.1) is 0 Å². The summed E-state index contributed by atoms with van der Waals surface area (Å²) in [4.78, 5) is 50.8. The van der Waals surface area contributed by atoms with Gasteiger partial charge >= 0.3 is 7.12 Å². The summed E-state index contributed by atoms with van der Waals surface area (Å²) in [6.07, 6.45) is 19.7. The highest BCUT2D eigenvalue weighted by Gasteiger charge is 2.32. The van der Waals surface area contributed by atoms with E-state index in [1.165, 1.54) is 51.2 Å². The molecule has 2 amide bonds. The van der Waals surface area contributed by atoms with E-state index in [0.29, 0.717) is 54.5 Å². The second-order valence-electron chi connectivity index (χ2n) is 18.8. The molecule has 2 saturated carbocycles. The van der Waals surface area contributed by atoms with Gasteiger partial charge in [0.25, 0.3) is 0 Å². The number of carbonyl (C=O) groups excluding carboxylic acids is 2. The van der Waals surface area contributed by atoms with Crippen molar-refractivity contribution >= 4 is 80.7 Å². The Balaban J connectivity index is 0.000000162. The van der Waals surface area contributed by atoms with E-state index in [9.17, 15) is 9.59 Å². The standard InChI is InChI=1S/C25H31N7O2.C18H24IN7O.C7H9BO2/c1-30(18-7-4-8-18)12-5-10-21(33)31-13-11-19(15-31)32-25-22(24(26)27-16-28-25)23(29-32)17-6-3-9-20(14-17)34-2;1-24(12-4-2-5-12)8-3-6-14(27)25-9-7-13(10-25)26-18-15(16(19)23-26)17(20)21-11-22-18;1-6-3-2-4-7(5-6)8(9)10/h3,5-6,9-10,14,16,18-19H,4,7-8,11-13,15H2,1-2H3,(H2,26,27,28);3,6,11-13H,2,4-5,7-10H2,1H3,(H2,20,21,22);2-5,9-10H,1H3/b10-5+;6-3+;/t19-;13-;/m11./s1. The molecule has 10 rings (SSSR count). The molecule has 6 heterocycles. The van der Waals surface area contributed by atoms with Gasteiger partial charge in [-0.3, -0.25) is 19.4 Å². The Hall–Kier alpha value is -6.01. The van der Waals surface area contributed by atoms with Crippen molar-refractivity contribution in [3.8, 4) is 17.0 Å². The molecule has 0 spiro atoms. The van der Waals surface area contributed by atoms with Crippen LogP contribution in [0.5, 0.6) is 5.75 Å². The number of hydrogen-bond donors (Lipinski definition) is 4. The first-order valence-electron chi connectivity index (χ1n) is 24.3. The van der Waals surface area contributed by atoms with Gasteiger partial charge in [0, 0.05) is 69.1 Å². The fraction of sp³-hybridized carbons (Fsp3) is 0.440. The molecule has 0 unspecified atom stereocenters. The average molecular weight is 1080 g/mol. The van der Waals surface area contributed by atoms with E-state index in [-0.39, 0.29) is 23.9 Å². The number of aryl methyl sites for hydroxylation is 1. The molecule has 2 saturated heterocycles. The minimum atomic E-state index is -1.35. The molecular formula is C50H64BIN14O5. The van der Waals surface area contributed by atoms with E-state index in [1.807, 2.05) is 68.6 Å². The van der Waals surface area contributed by atoms with E-state index in [4.69, 9.17) is 31.4 Å². The number of halogens is 1. The summed E-state index contributed by atoms with van der Waals surface area (Å²) in [6, 6.07) is 16.3.